The number of ketones is 1. The molecule has 37 heavy (non-hydrogen) atoms. The number of fused-ring (bicyclic) bond motifs is 1. The fourth-order valence-electron chi connectivity index (χ4n) is 4.33. The summed E-state index contributed by atoms with van der Waals surface area (Å²) < 4.78 is 0. The molecule has 184 valence electrons. The second-order valence-electron chi connectivity index (χ2n) is 8.66. The molecular weight excluding hydrogens is 490 g/mol. The first-order valence-electron chi connectivity index (χ1n) is 11.7. The number of nitrogens with one attached hydrogen (secondary N) is 1. The number of halogens is 1. The van der Waals surface area contributed by atoms with Crippen molar-refractivity contribution in [1.82, 2.24) is 19.9 Å². The van der Waals surface area contributed by atoms with Gasteiger partial charge in [-0.15, -0.1) is 0 Å². The van der Waals surface area contributed by atoms with Crippen LogP contribution in [0.3, 0.4) is 0 Å². The van der Waals surface area contributed by atoms with Crippen LogP contribution in [0, 0.1) is 0 Å². The number of Topliss-reactive ketones (excluding diaryl/α,β-unsaturated/α-hetero) is 1. The molecule has 9 heteroatoms. The van der Waals surface area contributed by atoms with E-state index >= 15 is 0 Å². The molecule has 5 rings (SSSR count). The minimum atomic E-state index is -0.701. The largest absolute Gasteiger partial charge is 0.324 e. The summed E-state index contributed by atoms with van der Waals surface area (Å²) in [6, 6.07) is 16.7. The topological polar surface area (TPSA) is 105 Å². The Labute approximate surface area is 218 Å². The Morgan fingerprint density at radius 1 is 1.00 bits per heavy atom. The lowest BCUT2D eigenvalue weighted by Gasteiger charge is -2.29. The summed E-state index contributed by atoms with van der Waals surface area (Å²) in [4.78, 5) is 53.6. The molecule has 1 atom stereocenters. The highest BCUT2D eigenvalue weighted by atomic mass is 35.5. The van der Waals surface area contributed by atoms with Crippen molar-refractivity contribution in [1.29, 1.82) is 0 Å². The normalized spacial score (nSPS) is 15.2. The molecule has 0 radical (unpaired) electrons. The first kappa shape index (κ1) is 24.3. The molecule has 0 bridgehead atoms. The minimum absolute atomic E-state index is 0.0833. The van der Waals surface area contributed by atoms with Crippen LogP contribution >= 0.6 is 11.6 Å². The number of amides is 2. The standard InChI is InChI=1S/C28H22ClN5O3/c29-21-8-9-23-20(13-21)14-25(35)24(15-22-3-1-2-10-31-22)34(28(23)37)17-18-4-6-19(7-5-18)27(36)33-26-16-30-11-12-32-26/h1-13,16,24H,14-15,17H2,(H,32,33,36)/t24-/m1/s1. The molecule has 0 saturated heterocycles. The maximum absolute atomic E-state index is 13.7. The van der Waals surface area contributed by atoms with E-state index in [9.17, 15) is 14.4 Å². The molecule has 0 spiro atoms. The third-order valence-corrected chi connectivity index (χ3v) is 6.41. The van der Waals surface area contributed by atoms with Crippen LogP contribution < -0.4 is 5.32 Å². The van der Waals surface area contributed by atoms with Crippen molar-refractivity contribution in [2.24, 2.45) is 0 Å². The van der Waals surface area contributed by atoms with Crippen molar-refractivity contribution in [3.05, 3.63) is 118 Å². The number of nitrogens with zero attached hydrogens (tertiary/aromatic N) is 4. The van der Waals surface area contributed by atoms with Crippen LogP contribution in [0.4, 0.5) is 5.82 Å². The quantitative estimate of drug-likeness (QED) is 0.417. The Morgan fingerprint density at radius 3 is 2.57 bits per heavy atom. The van der Waals surface area contributed by atoms with E-state index in [1.54, 1.807) is 59.6 Å². The second-order valence-corrected chi connectivity index (χ2v) is 9.10. The lowest BCUT2D eigenvalue weighted by Crippen LogP contribution is -2.44. The first-order valence-corrected chi connectivity index (χ1v) is 12.0. The lowest BCUT2D eigenvalue weighted by molar-refractivity contribution is -0.122. The van der Waals surface area contributed by atoms with Crippen molar-refractivity contribution in [2.45, 2.75) is 25.4 Å². The number of hydrogen-bond acceptors (Lipinski definition) is 6. The molecule has 3 heterocycles. The molecule has 1 aliphatic rings. The predicted molar refractivity (Wildman–Crippen MR) is 138 cm³/mol. The van der Waals surface area contributed by atoms with Crippen LogP contribution in [0.2, 0.25) is 5.02 Å². The summed E-state index contributed by atoms with van der Waals surface area (Å²) in [5, 5.41) is 3.17. The van der Waals surface area contributed by atoms with Crippen LogP contribution in [0.5, 0.6) is 0 Å². The third kappa shape index (κ3) is 5.54. The number of pyridine rings is 1. The Morgan fingerprint density at radius 2 is 1.84 bits per heavy atom. The Kier molecular flexibility index (Phi) is 7.00. The van der Waals surface area contributed by atoms with Gasteiger partial charge in [0, 0.05) is 59.8 Å². The minimum Gasteiger partial charge on any atom is -0.324 e. The smallest absolute Gasteiger partial charge is 0.256 e. The second kappa shape index (κ2) is 10.7. The van der Waals surface area contributed by atoms with Gasteiger partial charge in [0.15, 0.2) is 11.6 Å². The van der Waals surface area contributed by atoms with Gasteiger partial charge in [-0.1, -0.05) is 29.8 Å². The molecule has 0 unspecified atom stereocenters. The molecule has 8 nitrogen and oxygen atoms in total. The van der Waals surface area contributed by atoms with E-state index in [1.807, 2.05) is 12.1 Å². The molecule has 2 aromatic heterocycles. The average molecular weight is 512 g/mol. The summed E-state index contributed by atoms with van der Waals surface area (Å²) in [6.45, 7) is 0.191. The fraction of sp³-hybridized carbons (Fsp3) is 0.143. The highest BCUT2D eigenvalue weighted by Crippen LogP contribution is 2.27. The number of benzene rings is 2. The van der Waals surface area contributed by atoms with E-state index in [-0.39, 0.29) is 30.6 Å². The van der Waals surface area contributed by atoms with E-state index in [0.717, 1.165) is 11.3 Å². The monoisotopic (exact) mass is 511 g/mol. The van der Waals surface area contributed by atoms with Gasteiger partial charge in [-0.25, -0.2) is 4.98 Å². The fourth-order valence-corrected chi connectivity index (χ4v) is 4.52. The molecule has 0 aliphatic carbocycles. The van der Waals surface area contributed by atoms with E-state index in [2.05, 4.69) is 20.3 Å². The van der Waals surface area contributed by atoms with E-state index in [1.165, 1.54) is 18.6 Å². The number of hydrogen-bond donors (Lipinski definition) is 1. The van der Waals surface area contributed by atoms with Gasteiger partial charge in [-0.2, -0.15) is 0 Å². The third-order valence-electron chi connectivity index (χ3n) is 6.17. The van der Waals surface area contributed by atoms with Crippen LogP contribution in [-0.4, -0.2) is 43.5 Å². The van der Waals surface area contributed by atoms with Gasteiger partial charge in [0.05, 0.1) is 12.2 Å². The lowest BCUT2D eigenvalue weighted by atomic mass is 9.99. The summed E-state index contributed by atoms with van der Waals surface area (Å²) >= 11 is 6.16. The number of carbonyl (C=O) groups excluding carboxylic acids is 3. The van der Waals surface area contributed by atoms with Crippen LogP contribution in [0.15, 0.2) is 85.5 Å². The number of carbonyl (C=O) groups is 3. The zero-order valence-corrected chi connectivity index (χ0v) is 20.4. The first-order chi connectivity index (χ1) is 18.0. The zero-order chi connectivity index (χ0) is 25.8. The van der Waals surface area contributed by atoms with Gasteiger partial charge in [-0.05, 0) is 53.6 Å². The van der Waals surface area contributed by atoms with E-state index < -0.39 is 6.04 Å². The predicted octanol–water partition coefficient (Wildman–Crippen LogP) is 4.16. The molecule has 0 fully saturated rings. The molecule has 2 amide bonds. The summed E-state index contributed by atoms with van der Waals surface area (Å²) in [5.74, 6) is -0.309. The van der Waals surface area contributed by atoms with Gasteiger partial charge in [0.25, 0.3) is 11.8 Å². The summed E-state index contributed by atoms with van der Waals surface area (Å²) in [5.41, 5.74) is 3.00. The van der Waals surface area contributed by atoms with Gasteiger partial charge >= 0.3 is 0 Å². The Bertz CT molecular complexity index is 1450. The van der Waals surface area contributed by atoms with Crippen molar-refractivity contribution < 1.29 is 14.4 Å². The van der Waals surface area contributed by atoms with Crippen LogP contribution in [0.1, 0.15) is 37.5 Å². The number of rotatable bonds is 6. The highest BCUT2D eigenvalue weighted by Gasteiger charge is 2.35. The summed E-state index contributed by atoms with van der Waals surface area (Å²) in [7, 11) is 0. The molecule has 1 aliphatic heterocycles. The molecule has 0 saturated carbocycles. The maximum Gasteiger partial charge on any atom is 0.256 e. The van der Waals surface area contributed by atoms with Gasteiger partial charge in [-0.3, -0.25) is 24.4 Å². The Balaban J connectivity index is 1.42. The van der Waals surface area contributed by atoms with Gasteiger partial charge < -0.3 is 10.2 Å². The molecule has 1 N–H and O–H groups in total. The van der Waals surface area contributed by atoms with Gasteiger partial charge in [0.2, 0.25) is 0 Å². The van der Waals surface area contributed by atoms with Crippen molar-refractivity contribution in [2.75, 3.05) is 5.32 Å². The average Bonchev–Trinajstić information content (AvgIpc) is 3.00. The molecule has 4 aromatic rings. The van der Waals surface area contributed by atoms with E-state index in [4.69, 9.17) is 11.6 Å². The SMILES string of the molecule is O=C(Nc1cnccn1)c1ccc(CN2C(=O)c3ccc(Cl)cc3CC(=O)[C@H]2Cc2ccccn2)cc1. The van der Waals surface area contributed by atoms with E-state index in [0.29, 0.717) is 34.0 Å². The molecule has 2 aromatic carbocycles. The Hall–Kier alpha value is -4.43. The zero-order valence-electron chi connectivity index (χ0n) is 19.7. The maximum atomic E-state index is 13.7. The number of aromatic nitrogens is 3. The highest BCUT2D eigenvalue weighted by molar-refractivity contribution is 6.30. The van der Waals surface area contributed by atoms with Crippen molar-refractivity contribution in [3.63, 3.8) is 0 Å². The summed E-state index contributed by atoms with van der Waals surface area (Å²) in [6.07, 6.45) is 6.55. The van der Waals surface area contributed by atoms with Crippen molar-refractivity contribution >= 4 is 35.0 Å². The molecular formula is C28H22ClN5O3. The van der Waals surface area contributed by atoms with Crippen LogP contribution in [0.25, 0.3) is 0 Å². The van der Waals surface area contributed by atoms with Gasteiger partial charge in [0.1, 0.15) is 0 Å². The number of anilines is 1. The van der Waals surface area contributed by atoms with Crippen molar-refractivity contribution in [3.8, 4) is 0 Å². The van der Waals surface area contributed by atoms with Crippen LogP contribution in [-0.2, 0) is 24.2 Å².